The topological polar surface area (TPSA) is 52.4 Å². The lowest BCUT2D eigenvalue weighted by Gasteiger charge is -2.10. The van der Waals surface area contributed by atoms with Crippen molar-refractivity contribution in [2.24, 2.45) is 0 Å². The van der Waals surface area contributed by atoms with Crippen molar-refractivity contribution < 1.29 is 9.66 Å². The van der Waals surface area contributed by atoms with Crippen LogP contribution in [-0.2, 0) is 4.74 Å². The van der Waals surface area contributed by atoms with Crippen LogP contribution in [-0.4, -0.2) is 21.5 Å². The number of hydrogen-bond acceptors (Lipinski definition) is 3. The molecule has 0 aromatic heterocycles. The molecular formula is C6H11Br2NO3. The summed E-state index contributed by atoms with van der Waals surface area (Å²) in [6, 6.07) is 0. The molecule has 12 heavy (non-hydrogen) atoms. The number of ether oxygens (including phenoxy) is 1. The minimum Gasteiger partial charge on any atom is -0.381 e. The summed E-state index contributed by atoms with van der Waals surface area (Å²) in [5, 5.41) is 10.3. The Morgan fingerprint density at radius 2 is 2.08 bits per heavy atom. The van der Waals surface area contributed by atoms with Crippen molar-refractivity contribution in [3.8, 4) is 0 Å². The van der Waals surface area contributed by atoms with E-state index < -0.39 is 8.28 Å². The zero-order valence-corrected chi connectivity index (χ0v) is 9.93. The van der Waals surface area contributed by atoms with Crippen LogP contribution in [0.25, 0.3) is 0 Å². The van der Waals surface area contributed by atoms with Gasteiger partial charge < -0.3 is 4.74 Å². The van der Waals surface area contributed by atoms with Crippen molar-refractivity contribution in [3.05, 3.63) is 10.1 Å². The molecule has 0 unspecified atom stereocenters. The van der Waals surface area contributed by atoms with Gasteiger partial charge in [0.2, 0.25) is 0 Å². The maximum absolute atomic E-state index is 10.3. The Hall–Kier alpha value is 0.320. The second-order valence-corrected chi connectivity index (χ2v) is 5.97. The summed E-state index contributed by atoms with van der Waals surface area (Å²) in [4.78, 5) is 9.91. The minimum absolute atomic E-state index is 0.306. The van der Waals surface area contributed by atoms with Crippen molar-refractivity contribution in [2.45, 2.75) is 23.1 Å². The fourth-order valence-electron chi connectivity index (χ4n) is 0.533. The average molecular weight is 305 g/mol. The third-order valence-electron chi connectivity index (χ3n) is 1.16. The van der Waals surface area contributed by atoms with Crippen molar-refractivity contribution in [3.63, 3.8) is 0 Å². The van der Waals surface area contributed by atoms with Crippen molar-refractivity contribution in [1.29, 1.82) is 0 Å². The molecule has 0 aliphatic heterocycles. The van der Waals surface area contributed by atoms with E-state index in [4.69, 9.17) is 4.74 Å². The van der Waals surface area contributed by atoms with Crippen LogP contribution in [0.1, 0.15) is 19.8 Å². The van der Waals surface area contributed by atoms with Gasteiger partial charge in [0.25, 0.3) is 0 Å². The Labute approximate surface area is 88.1 Å². The molecule has 0 aromatic carbocycles. The molecule has 4 nitrogen and oxygen atoms in total. The third-order valence-corrected chi connectivity index (χ3v) is 2.53. The predicted octanol–water partition coefficient (Wildman–Crippen LogP) is 2.52. The predicted molar refractivity (Wildman–Crippen MR) is 53.3 cm³/mol. The monoisotopic (exact) mass is 303 g/mol. The second-order valence-electron chi connectivity index (χ2n) is 2.29. The minimum atomic E-state index is -1.23. The zero-order valence-electron chi connectivity index (χ0n) is 6.76. The van der Waals surface area contributed by atoms with E-state index in [0.717, 1.165) is 6.42 Å². The molecule has 0 rings (SSSR count). The molecule has 0 saturated carbocycles. The molecule has 0 aliphatic carbocycles. The quantitative estimate of drug-likeness (QED) is 0.249. The van der Waals surface area contributed by atoms with E-state index in [1.54, 1.807) is 0 Å². The van der Waals surface area contributed by atoms with E-state index in [1.807, 2.05) is 6.92 Å². The third kappa shape index (κ3) is 5.05. The van der Waals surface area contributed by atoms with E-state index in [9.17, 15) is 10.1 Å². The van der Waals surface area contributed by atoms with Crippen LogP contribution in [0.3, 0.4) is 0 Å². The number of rotatable bonds is 6. The fourth-order valence-corrected chi connectivity index (χ4v) is 0.856. The van der Waals surface area contributed by atoms with Gasteiger partial charge in [-0.15, -0.1) is 0 Å². The summed E-state index contributed by atoms with van der Waals surface area (Å²) < 4.78 is 3.88. The van der Waals surface area contributed by atoms with E-state index in [2.05, 4.69) is 31.9 Å². The van der Waals surface area contributed by atoms with Crippen molar-refractivity contribution in [2.75, 3.05) is 13.2 Å². The second kappa shape index (κ2) is 5.88. The largest absolute Gasteiger partial charge is 0.381 e. The van der Waals surface area contributed by atoms with Crippen LogP contribution in [0.2, 0.25) is 0 Å². The number of nitro groups is 1. The molecule has 0 spiro atoms. The summed E-state index contributed by atoms with van der Waals surface area (Å²) in [6.07, 6.45) is 1.23. The lowest BCUT2D eigenvalue weighted by Crippen LogP contribution is -2.25. The zero-order chi connectivity index (χ0) is 9.61. The van der Waals surface area contributed by atoms with Crippen LogP contribution in [0, 0.1) is 10.1 Å². The van der Waals surface area contributed by atoms with Crippen LogP contribution in [0.5, 0.6) is 0 Å². The van der Waals surface area contributed by atoms with E-state index in [1.165, 1.54) is 0 Å². The first-order chi connectivity index (χ1) is 5.50. The molecule has 0 amide bonds. The molecule has 0 saturated heterocycles. The highest BCUT2D eigenvalue weighted by Gasteiger charge is 2.35. The molecule has 0 fully saturated rings. The van der Waals surface area contributed by atoms with E-state index >= 15 is 0 Å². The molecule has 0 aliphatic rings. The van der Waals surface area contributed by atoms with Crippen molar-refractivity contribution >= 4 is 31.9 Å². The fraction of sp³-hybridized carbons (Fsp3) is 1.00. The first-order valence-corrected chi connectivity index (χ1v) is 5.19. The van der Waals surface area contributed by atoms with Crippen LogP contribution < -0.4 is 0 Å². The molecule has 6 heteroatoms. The Morgan fingerprint density at radius 1 is 1.50 bits per heavy atom. The van der Waals surface area contributed by atoms with Gasteiger partial charge >= 0.3 is 3.36 Å². The molecule has 0 aromatic rings. The van der Waals surface area contributed by atoms with Gasteiger partial charge in [-0.05, 0) is 6.42 Å². The number of nitrogens with zero attached hydrogens (tertiary/aromatic N) is 1. The number of alkyl halides is 2. The maximum atomic E-state index is 10.3. The lowest BCUT2D eigenvalue weighted by atomic mass is 10.4. The number of hydrogen-bond donors (Lipinski definition) is 0. The smallest absolute Gasteiger partial charge is 0.329 e. The summed E-state index contributed by atoms with van der Waals surface area (Å²) >= 11 is 5.87. The van der Waals surface area contributed by atoms with Gasteiger partial charge in [-0.1, -0.05) is 6.92 Å². The van der Waals surface area contributed by atoms with Gasteiger partial charge in [0.1, 0.15) is 0 Å². The Kier molecular flexibility index (Phi) is 6.04. The van der Waals surface area contributed by atoms with Gasteiger partial charge in [-0.2, -0.15) is 0 Å². The standard InChI is InChI=1S/C6H11Br2NO3/c1-2-4-12-5-3-6(7,8)9(10)11/h2-5H2,1H3. The molecule has 0 heterocycles. The summed E-state index contributed by atoms with van der Waals surface area (Å²) in [5.74, 6) is 0. The highest BCUT2D eigenvalue weighted by molar-refractivity contribution is 9.25. The van der Waals surface area contributed by atoms with Crippen LogP contribution in [0.4, 0.5) is 0 Å². The highest BCUT2D eigenvalue weighted by atomic mass is 79.9. The highest BCUT2D eigenvalue weighted by Crippen LogP contribution is 2.30. The molecular weight excluding hydrogens is 294 g/mol. The summed E-state index contributed by atoms with van der Waals surface area (Å²) in [7, 11) is 0. The van der Waals surface area contributed by atoms with Gasteiger partial charge in [0.15, 0.2) is 0 Å². The van der Waals surface area contributed by atoms with Gasteiger partial charge in [0, 0.05) is 43.4 Å². The maximum Gasteiger partial charge on any atom is 0.329 e. The normalized spacial score (nSPS) is 11.6. The van der Waals surface area contributed by atoms with Crippen LogP contribution >= 0.6 is 31.9 Å². The Balaban J connectivity index is 3.54. The van der Waals surface area contributed by atoms with Gasteiger partial charge in [-0.25, -0.2) is 0 Å². The SMILES string of the molecule is CCCOCCC(Br)(Br)[N+](=O)[O-]. The Morgan fingerprint density at radius 3 is 2.50 bits per heavy atom. The lowest BCUT2D eigenvalue weighted by molar-refractivity contribution is -0.505. The first kappa shape index (κ1) is 12.3. The van der Waals surface area contributed by atoms with Crippen molar-refractivity contribution in [1.82, 2.24) is 0 Å². The van der Waals surface area contributed by atoms with E-state index in [0.29, 0.717) is 19.6 Å². The molecule has 0 N–H and O–H groups in total. The molecule has 0 atom stereocenters. The Bertz CT molecular complexity index is 152. The van der Waals surface area contributed by atoms with Gasteiger partial charge in [0.05, 0.1) is 13.0 Å². The average Bonchev–Trinajstić information content (AvgIpc) is 1.98. The van der Waals surface area contributed by atoms with E-state index in [-0.39, 0.29) is 0 Å². The summed E-state index contributed by atoms with van der Waals surface area (Å²) in [6.45, 7) is 3.02. The molecule has 0 radical (unpaired) electrons. The summed E-state index contributed by atoms with van der Waals surface area (Å²) in [5.41, 5.74) is 0. The molecule has 72 valence electrons. The first-order valence-electron chi connectivity index (χ1n) is 3.60. The molecule has 0 bridgehead atoms. The van der Waals surface area contributed by atoms with Gasteiger partial charge in [-0.3, -0.25) is 10.1 Å². The number of halogens is 2. The van der Waals surface area contributed by atoms with Crippen LogP contribution in [0.15, 0.2) is 0 Å².